The lowest BCUT2D eigenvalue weighted by Gasteiger charge is -2.48. The molecule has 0 aromatic rings. The van der Waals surface area contributed by atoms with Crippen molar-refractivity contribution in [2.24, 2.45) is 5.73 Å². The molecule has 0 radical (unpaired) electrons. The van der Waals surface area contributed by atoms with Crippen LogP contribution in [0.15, 0.2) is 0 Å². The molecule has 1 fully saturated rings. The Balaban J connectivity index is 2.76. The van der Waals surface area contributed by atoms with Crippen molar-refractivity contribution < 1.29 is 4.43 Å². The van der Waals surface area contributed by atoms with Crippen LogP contribution >= 0.6 is 0 Å². The zero-order chi connectivity index (χ0) is 13.3. The molecule has 1 heterocycles. The van der Waals surface area contributed by atoms with E-state index >= 15 is 0 Å². The van der Waals surface area contributed by atoms with Crippen LogP contribution in [0.1, 0.15) is 33.6 Å². The lowest BCUT2D eigenvalue weighted by atomic mass is 9.92. The number of rotatable bonds is 3. The van der Waals surface area contributed by atoms with Gasteiger partial charge in [0.15, 0.2) is 8.32 Å². The maximum Gasteiger partial charge on any atom is 0.192 e. The molecule has 0 unspecified atom stereocenters. The van der Waals surface area contributed by atoms with E-state index in [1.807, 2.05) is 0 Å². The molecule has 3 nitrogen and oxygen atoms in total. The van der Waals surface area contributed by atoms with E-state index in [9.17, 15) is 0 Å². The molecule has 2 N–H and O–H groups in total. The van der Waals surface area contributed by atoms with Crippen molar-refractivity contribution >= 4 is 8.32 Å². The van der Waals surface area contributed by atoms with Gasteiger partial charge in [-0.15, -0.1) is 0 Å². The summed E-state index contributed by atoms with van der Waals surface area (Å²) in [5.74, 6) is 0. The van der Waals surface area contributed by atoms with Crippen molar-refractivity contribution in [3.63, 3.8) is 0 Å². The van der Waals surface area contributed by atoms with Crippen molar-refractivity contribution in [3.05, 3.63) is 0 Å². The van der Waals surface area contributed by atoms with E-state index in [-0.39, 0.29) is 10.6 Å². The van der Waals surface area contributed by atoms with Crippen molar-refractivity contribution in [2.45, 2.75) is 57.3 Å². The number of piperidine rings is 1. The smallest absolute Gasteiger partial charge is 0.192 e. The fraction of sp³-hybridized carbons (Fsp3) is 1.00. The molecule has 0 saturated carbocycles. The maximum atomic E-state index is 6.62. The van der Waals surface area contributed by atoms with Gasteiger partial charge in [-0.05, 0) is 38.0 Å². The molecular formula is C13H30N2OSi. The molecule has 0 aliphatic carbocycles. The van der Waals surface area contributed by atoms with Crippen LogP contribution in [-0.4, -0.2) is 45.5 Å². The minimum atomic E-state index is -1.71. The first-order valence-corrected chi connectivity index (χ1v) is 9.62. The average Bonchev–Trinajstić information content (AvgIpc) is 2.20. The molecule has 1 saturated heterocycles. The molecule has 0 amide bonds. The van der Waals surface area contributed by atoms with Crippen LogP contribution in [0.4, 0.5) is 0 Å². The third kappa shape index (κ3) is 3.53. The van der Waals surface area contributed by atoms with Crippen LogP contribution < -0.4 is 5.73 Å². The van der Waals surface area contributed by atoms with Crippen molar-refractivity contribution in [1.82, 2.24) is 4.90 Å². The Labute approximate surface area is 108 Å². The topological polar surface area (TPSA) is 38.5 Å². The molecule has 0 spiro atoms. The van der Waals surface area contributed by atoms with Gasteiger partial charge in [-0.1, -0.05) is 20.8 Å². The van der Waals surface area contributed by atoms with Gasteiger partial charge in [0, 0.05) is 19.6 Å². The van der Waals surface area contributed by atoms with Crippen LogP contribution in [0.25, 0.3) is 0 Å². The summed E-state index contributed by atoms with van der Waals surface area (Å²) >= 11 is 0. The largest absolute Gasteiger partial charge is 0.410 e. The second-order valence-corrected chi connectivity index (χ2v) is 11.8. The van der Waals surface area contributed by atoms with Gasteiger partial charge in [0.1, 0.15) is 0 Å². The standard InChI is InChI=1S/C13H30N2OSi/c1-12(2,3)17(5,6)16-13(11-14)7-9-15(4)10-8-13/h7-11,14H2,1-6H3. The fourth-order valence-corrected chi connectivity index (χ4v) is 3.74. The third-order valence-electron chi connectivity index (χ3n) is 4.55. The highest BCUT2D eigenvalue weighted by Crippen LogP contribution is 2.41. The van der Waals surface area contributed by atoms with Gasteiger partial charge in [0.25, 0.3) is 0 Å². The Morgan fingerprint density at radius 2 is 1.71 bits per heavy atom. The van der Waals surface area contributed by atoms with Crippen LogP contribution in [0.5, 0.6) is 0 Å². The quantitative estimate of drug-likeness (QED) is 0.790. The predicted octanol–water partition coefficient (Wildman–Crippen LogP) is 2.43. The van der Waals surface area contributed by atoms with Gasteiger partial charge < -0.3 is 15.1 Å². The number of hydrogen-bond acceptors (Lipinski definition) is 3. The van der Waals surface area contributed by atoms with Crippen molar-refractivity contribution in [2.75, 3.05) is 26.7 Å². The van der Waals surface area contributed by atoms with Gasteiger partial charge >= 0.3 is 0 Å². The van der Waals surface area contributed by atoms with Gasteiger partial charge in [0.2, 0.25) is 0 Å². The molecule has 17 heavy (non-hydrogen) atoms. The second kappa shape index (κ2) is 5.00. The molecule has 0 bridgehead atoms. The van der Waals surface area contributed by atoms with E-state index in [0.717, 1.165) is 25.9 Å². The predicted molar refractivity (Wildman–Crippen MR) is 76.8 cm³/mol. The van der Waals surface area contributed by atoms with E-state index < -0.39 is 8.32 Å². The summed E-state index contributed by atoms with van der Waals surface area (Å²) < 4.78 is 6.62. The van der Waals surface area contributed by atoms with E-state index in [1.165, 1.54) is 0 Å². The summed E-state index contributed by atoms with van der Waals surface area (Å²) in [7, 11) is 0.467. The molecule has 1 rings (SSSR count). The maximum absolute atomic E-state index is 6.62. The SMILES string of the molecule is CN1CCC(CN)(O[Si](C)(C)C(C)(C)C)CC1. The number of nitrogens with two attached hydrogens (primary N) is 1. The van der Waals surface area contributed by atoms with Crippen LogP contribution in [-0.2, 0) is 4.43 Å². The van der Waals surface area contributed by atoms with Crippen molar-refractivity contribution in [1.29, 1.82) is 0 Å². The number of hydrogen-bond donors (Lipinski definition) is 1. The van der Waals surface area contributed by atoms with Gasteiger partial charge in [-0.3, -0.25) is 0 Å². The highest BCUT2D eigenvalue weighted by Gasteiger charge is 2.45. The van der Waals surface area contributed by atoms with E-state index in [0.29, 0.717) is 6.54 Å². The zero-order valence-corrected chi connectivity index (χ0v) is 13.5. The van der Waals surface area contributed by atoms with Gasteiger partial charge in [-0.25, -0.2) is 0 Å². The van der Waals surface area contributed by atoms with E-state index in [4.69, 9.17) is 10.2 Å². The van der Waals surface area contributed by atoms with Crippen LogP contribution in [0.2, 0.25) is 18.1 Å². The Bertz CT molecular complexity index is 253. The molecule has 1 aliphatic heterocycles. The first-order valence-electron chi connectivity index (χ1n) is 6.71. The Hall–Kier alpha value is 0.0969. The zero-order valence-electron chi connectivity index (χ0n) is 12.5. The summed E-state index contributed by atoms with van der Waals surface area (Å²) in [6.45, 7) is 14.4. The average molecular weight is 258 g/mol. The van der Waals surface area contributed by atoms with Gasteiger partial charge in [-0.2, -0.15) is 0 Å². The first-order chi connectivity index (χ1) is 7.62. The second-order valence-electron chi connectivity index (χ2n) is 7.05. The molecule has 0 aromatic carbocycles. The molecule has 1 aliphatic rings. The van der Waals surface area contributed by atoms with Crippen LogP contribution in [0.3, 0.4) is 0 Å². The monoisotopic (exact) mass is 258 g/mol. The molecule has 4 heteroatoms. The molecular weight excluding hydrogens is 228 g/mol. The number of likely N-dealkylation sites (tertiary alicyclic amines) is 1. The fourth-order valence-electron chi connectivity index (χ4n) is 2.07. The first kappa shape index (κ1) is 15.2. The Kier molecular flexibility index (Phi) is 4.45. The van der Waals surface area contributed by atoms with Gasteiger partial charge in [0.05, 0.1) is 5.60 Å². The van der Waals surface area contributed by atoms with E-state index in [2.05, 4.69) is 45.8 Å². The highest BCUT2D eigenvalue weighted by atomic mass is 28.4. The molecule has 0 atom stereocenters. The minimum absolute atomic E-state index is 0.0600. The summed E-state index contributed by atoms with van der Waals surface area (Å²) in [4.78, 5) is 2.36. The summed E-state index contributed by atoms with van der Waals surface area (Å²) in [6, 6.07) is 0. The molecule has 0 aromatic heterocycles. The third-order valence-corrected chi connectivity index (χ3v) is 9.10. The molecule has 102 valence electrons. The lowest BCUT2D eigenvalue weighted by molar-refractivity contribution is 0.00370. The Morgan fingerprint density at radius 3 is 2.06 bits per heavy atom. The normalized spacial score (nSPS) is 22.8. The van der Waals surface area contributed by atoms with Crippen LogP contribution in [0, 0.1) is 0 Å². The van der Waals surface area contributed by atoms with Crippen molar-refractivity contribution in [3.8, 4) is 0 Å². The number of nitrogens with zero attached hydrogens (tertiary/aromatic N) is 1. The minimum Gasteiger partial charge on any atom is -0.410 e. The lowest BCUT2D eigenvalue weighted by Crippen LogP contribution is -2.57. The summed E-state index contributed by atoms with van der Waals surface area (Å²) in [6.07, 6.45) is 2.15. The van der Waals surface area contributed by atoms with E-state index in [1.54, 1.807) is 0 Å². The summed E-state index contributed by atoms with van der Waals surface area (Å²) in [5, 5.41) is 0.262. The highest BCUT2D eigenvalue weighted by molar-refractivity contribution is 6.74. The summed E-state index contributed by atoms with van der Waals surface area (Å²) in [5.41, 5.74) is 5.95. The Morgan fingerprint density at radius 1 is 1.24 bits per heavy atom.